The van der Waals surface area contributed by atoms with Crippen molar-refractivity contribution in [1.82, 2.24) is 4.98 Å². The number of methoxy groups -OCH3 is 1. The number of nitrogens with two attached hydrogens (primary N) is 1. The number of pyridine rings is 1. The van der Waals surface area contributed by atoms with Crippen LogP contribution in [0.15, 0.2) is 48.6 Å². The summed E-state index contributed by atoms with van der Waals surface area (Å²) < 4.78 is 35.8. The van der Waals surface area contributed by atoms with Gasteiger partial charge in [-0.1, -0.05) is 33.1 Å². The summed E-state index contributed by atoms with van der Waals surface area (Å²) >= 11 is 0. The molecule has 4 rings (SSSR count). The van der Waals surface area contributed by atoms with Gasteiger partial charge in [0.25, 0.3) is 0 Å². The lowest BCUT2D eigenvalue weighted by molar-refractivity contribution is 0.383. The van der Waals surface area contributed by atoms with Crippen LogP contribution >= 0.6 is 0 Å². The SMILES string of the molecule is C=C=C1N(c2c(F)c(C=C)cc(OC)c2F)Cc2cnc(/C(C)=C(\N)C=N)cc2C12CC2.CC. The number of anilines is 1. The molecule has 2 heterocycles. The minimum absolute atomic E-state index is 0.0632. The zero-order chi connectivity index (χ0) is 25.2. The standard InChI is InChI=1S/C25H24F2N4O.C2H6/c1-5-15-9-20(32-4)23(27)24(22(15)26)31-13-16-12-30-19(14(3)18(29)11-28)10-17(16)25(7-8-25)21(31)6-2;1-2/h5,9-12,28H,1-2,7-8,13,29H2,3-4H3;1-2H3/b18-14-,28-11?;. The highest BCUT2D eigenvalue weighted by molar-refractivity contribution is 5.87. The maximum absolute atomic E-state index is 15.4. The summed E-state index contributed by atoms with van der Waals surface area (Å²) in [5.41, 5.74) is 12.5. The fourth-order valence-electron chi connectivity index (χ4n) is 4.39. The second-order valence-electron chi connectivity index (χ2n) is 7.99. The highest BCUT2D eigenvalue weighted by Gasteiger charge is 2.54. The molecule has 1 spiro atoms. The van der Waals surface area contributed by atoms with E-state index in [1.165, 1.54) is 19.3 Å². The van der Waals surface area contributed by atoms with Crippen molar-refractivity contribution >= 4 is 23.6 Å². The van der Waals surface area contributed by atoms with Crippen LogP contribution in [0.4, 0.5) is 14.5 Å². The number of rotatable bonds is 5. The predicted octanol–water partition coefficient (Wildman–Crippen LogP) is 6.10. The number of nitrogens with one attached hydrogen (secondary N) is 1. The second kappa shape index (κ2) is 9.65. The normalized spacial score (nSPS) is 15.9. The monoisotopic (exact) mass is 464 g/mol. The molecule has 3 N–H and O–H groups in total. The van der Waals surface area contributed by atoms with E-state index in [9.17, 15) is 0 Å². The van der Waals surface area contributed by atoms with Crippen LogP contribution in [0.3, 0.4) is 0 Å². The van der Waals surface area contributed by atoms with Crippen molar-refractivity contribution in [2.24, 2.45) is 5.73 Å². The molecule has 1 aliphatic heterocycles. The van der Waals surface area contributed by atoms with Gasteiger partial charge in [0.15, 0.2) is 17.4 Å². The summed E-state index contributed by atoms with van der Waals surface area (Å²) in [5, 5.41) is 7.40. The highest BCUT2D eigenvalue weighted by Crippen LogP contribution is 2.59. The summed E-state index contributed by atoms with van der Waals surface area (Å²) in [6.45, 7) is 13.5. The third-order valence-electron chi connectivity index (χ3n) is 6.33. The predicted molar refractivity (Wildman–Crippen MR) is 134 cm³/mol. The van der Waals surface area contributed by atoms with Gasteiger partial charge in [-0.05, 0) is 48.6 Å². The van der Waals surface area contributed by atoms with Gasteiger partial charge in [0.1, 0.15) is 5.69 Å². The molecule has 0 amide bonds. The number of aromatic nitrogens is 1. The lowest BCUT2D eigenvalue weighted by Gasteiger charge is -2.38. The number of nitrogens with zero attached hydrogens (tertiary/aromatic N) is 2. The van der Waals surface area contributed by atoms with E-state index in [1.54, 1.807) is 11.1 Å². The van der Waals surface area contributed by atoms with Gasteiger partial charge in [0.05, 0.1) is 30.7 Å². The Morgan fingerprint density at radius 2 is 1.97 bits per heavy atom. The first-order valence-electron chi connectivity index (χ1n) is 11.2. The number of benzene rings is 1. The Labute approximate surface area is 199 Å². The van der Waals surface area contributed by atoms with Gasteiger partial charge in [0.2, 0.25) is 0 Å². The van der Waals surface area contributed by atoms with Crippen molar-refractivity contribution < 1.29 is 13.5 Å². The van der Waals surface area contributed by atoms with Gasteiger partial charge in [-0.2, -0.15) is 0 Å². The largest absolute Gasteiger partial charge is 0.494 e. The van der Waals surface area contributed by atoms with Gasteiger partial charge in [-0.3, -0.25) is 4.98 Å². The van der Waals surface area contributed by atoms with Crippen molar-refractivity contribution in [3.05, 3.63) is 82.6 Å². The first-order chi connectivity index (χ1) is 16.3. The Kier molecular flexibility index (Phi) is 7.08. The van der Waals surface area contributed by atoms with E-state index in [0.29, 0.717) is 22.7 Å². The molecule has 7 heteroatoms. The molecule has 2 aliphatic rings. The fraction of sp³-hybridized carbons (Fsp3) is 0.296. The van der Waals surface area contributed by atoms with E-state index in [0.717, 1.165) is 30.2 Å². The van der Waals surface area contributed by atoms with Crippen LogP contribution < -0.4 is 15.4 Å². The van der Waals surface area contributed by atoms with Crippen molar-refractivity contribution in [3.63, 3.8) is 0 Å². The van der Waals surface area contributed by atoms with E-state index in [1.807, 2.05) is 26.8 Å². The quantitative estimate of drug-likeness (QED) is 0.414. The third kappa shape index (κ3) is 3.82. The van der Waals surface area contributed by atoms with Gasteiger partial charge in [-0.15, -0.1) is 5.73 Å². The van der Waals surface area contributed by atoms with E-state index in [2.05, 4.69) is 23.9 Å². The van der Waals surface area contributed by atoms with E-state index < -0.39 is 17.0 Å². The average molecular weight is 465 g/mol. The van der Waals surface area contributed by atoms with Crippen LogP contribution in [0.1, 0.15) is 56.0 Å². The number of allylic oxidation sites excluding steroid dienone is 3. The van der Waals surface area contributed by atoms with Crippen LogP contribution in [-0.4, -0.2) is 18.3 Å². The molecular weight excluding hydrogens is 434 g/mol. The van der Waals surface area contributed by atoms with E-state index in [4.69, 9.17) is 15.9 Å². The van der Waals surface area contributed by atoms with E-state index >= 15 is 8.78 Å². The van der Waals surface area contributed by atoms with Crippen molar-refractivity contribution in [3.8, 4) is 5.75 Å². The van der Waals surface area contributed by atoms with Crippen LogP contribution in [0.5, 0.6) is 5.75 Å². The van der Waals surface area contributed by atoms with Gasteiger partial charge >= 0.3 is 0 Å². The highest BCUT2D eigenvalue weighted by atomic mass is 19.1. The zero-order valence-corrected chi connectivity index (χ0v) is 20.1. The van der Waals surface area contributed by atoms with Crippen molar-refractivity contribution in [1.29, 1.82) is 5.41 Å². The van der Waals surface area contributed by atoms with Gasteiger partial charge in [-0.25, -0.2) is 8.78 Å². The van der Waals surface area contributed by atoms with Crippen LogP contribution in [0, 0.1) is 17.0 Å². The van der Waals surface area contributed by atoms with Crippen LogP contribution in [0.2, 0.25) is 0 Å². The lowest BCUT2D eigenvalue weighted by Crippen LogP contribution is -2.37. The summed E-state index contributed by atoms with van der Waals surface area (Å²) in [4.78, 5) is 6.09. The van der Waals surface area contributed by atoms with Crippen molar-refractivity contribution in [2.75, 3.05) is 12.0 Å². The molecule has 0 saturated heterocycles. The molecule has 0 unspecified atom stereocenters. The molecule has 1 aromatic carbocycles. The average Bonchev–Trinajstić information content (AvgIpc) is 3.65. The third-order valence-corrected chi connectivity index (χ3v) is 6.33. The maximum atomic E-state index is 15.4. The molecule has 1 aliphatic carbocycles. The minimum atomic E-state index is -0.787. The summed E-state index contributed by atoms with van der Waals surface area (Å²) in [6.07, 6.45) is 5.72. The second-order valence-corrected chi connectivity index (χ2v) is 7.99. The molecular formula is C27H30F2N4O. The Morgan fingerprint density at radius 1 is 1.29 bits per heavy atom. The number of hydrogen-bond donors (Lipinski definition) is 2. The lowest BCUT2D eigenvalue weighted by atomic mass is 9.83. The Hall–Kier alpha value is -3.70. The van der Waals surface area contributed by atoms with Gasteiger partial charge in [0, 0.05) is 23.4 Å². The molecule has 1 saturated carbocycles. The molecule has 1 aromatic heterocycles. The first-order valence-corrected chi connectivity index (χ1v) is 11.2. The fourth-order valence-corrected chi connectivity index (χ4v) is 4.39. The Morgan fingerprint density at radius 3 is 2.50 bits per heavy atom. The number of hydrogen-bond acceptors (Lipinski definition) is 5. The van der Waals surface area contributed by atoms with Crippen molar-refractivity contribution in [2.45, 2.75) is 45.6 Å². The minimum Gasteiger partial charge on any atom is -0.494 e. The molecule has 5 nitrogen and oxygen atoms in total. The summed E-state index contributed by atoms with van der Waals surface area (Å²) in [6, 6.07) is 3.25. The van der Waals surface area contributed by atoms with Crippen LogP contribution in [0.25, 0.3) is 11.6 Å². The zero-order valence-electron chi connectivity index (χ0n) is 20.1. The number of halogens is 2. The molecule has 178 valence electrons. The molecule has 0 bridgehead atoms. The topological polar surface area (TPSA) is 75.2 Å². The molecule has 34 heavy (non-hydrogen) atoms. The Bertz CT molecular complexity index is 1240. The maximum Gasteiger partial charge on any atom is 0.191 e. The molecule has 1 fully saturated rings. The van der Waals surface area contributed by atoms with Crippen LogP contribution in [-0.2, 0) is 12.0 Å². The number of fused-ring (bicyclic) bond motifs is 2. The van der Waals surface area contributed by atoms with Gasteiger partial charge < -0.3 is 20.8 Å². The Balaban J connectivity index is 0.00000158. The van der Waals surface area contributed by atoms with E-state index in [-0.39, 0.29) is 23.5 Å². The first kappa shape index (κ1) is 24.9. The molecule has 0 radical (unpaired) electrons. The molecule has 0 atom stereocenters. The molecule has 2 aromatic rings. The summed E-state index contributed by atoms with van der Waals surface area (Å²) in [5.74, 6) is -1.57. The number of ether oxygens (including phenoxy) is 1. The smallest absolute Gasteiger partial charge is 0.191 e. The summed E-state index contributed by atoms with van der Waals surface area (Å²) in [7, 11) is 1.34.